The van der Waals surface area contributed by atoms with Gasteiger partial charge in [-0.2, -0.15) is 0 Å². The van der Waals surface area contributed by atoms with E-state index in [1.165, 1.54) is 18.2 Å². The first-order valence-corrected chi connectivity index (χ1v) is 7.71. The van der Waals surface area contributed by atoms with Crippen LogP contribution in [0.4, 0.5) is 4.39 Å². The summed E-state index contributed by atoms with van der Waals surface area (Å²) < 4.78 is 13.2. The maximum Gasteiger partial charge on any atom is 0.223 e. The number of halogens is 2. The molecule has 1 aliphatic rings. The SMILES string of the molecule is CC(CC(=O)N1CC(CN)CC1C)C(=O)c1cccc(F)c1.Cl. The number of amides is 1. The van der Waals surface area contributed by atoms with E-state index < -0.39 is 11.7 Å². The number of likely N-dealkylation sites (tertiary alicyclic amines) is 1. The highest BCUT2D eigenvalue weighted by atomic mass is 35.5. The molecule has 0 aromatic heterocycles. The van der Waals surface area contributed by atoms with Crippen LogP contribution in [0.25, 0.3) is 0 Å². The predicted octanol–water partition coefficient (Wildman–Crippen LogP) is 2.65. The van der Waals surface area contributed by atoms with Crippen LogP contribution in [0.2, 0.25) is 0 Å². The minimum atomic E-state index is -0.460. The Morgan fingerprint density at radius 2 is 2.13 bits per heavy atom. The fraction of sp³-hybridized carbons (Fsp3) is 0.529. The second-order valence-corrected chi connectivity index (χ2v) is 6.21. The van der Waals surface area contributed by atoms with Crippen molar-refractivity contribution in [3.63, 3.8) is 0 Å². The summed E-state index contributed by atoms with van der Waals surface area (Å²) >= 11 is 0. The lowest BCUT2D eigenvalue weighted by atomic mass is 9.95. The summed E-state index contributed by atoms with van der Waals surface area (Å²) in [7, 11) is 0. The summed E-state index contributed by atoms with van der Waals surface area (Å²) in [4.78, 5) is 26.5. The molecule has 0 bridgehead atoms. The van der Waals surface area contributed by atoms with Crippen molar-refractivity contribution < 1.29 is 14.0 Å². The van der Waals surface area contributed by atoms with E-state index in [1.54, 1.807) is 13.0 Å². The molecule has 2 rings (SSSR count). The molecule has 1 saturated heterocycles. The van der Waals surface area contributed by atoms with Crippen LogP contribution in [0, 0.1) is 17.7 Å². The largest absolute Gasteiger partial charge is 0.340 e. The molecule has 0 aliphatic carbocycles. The average Bonchev–Trinajstić information content (AvgIpc) is 2.87. The molecular formula is C17H24ClFN2O2. The van der Waals surface area contributed by atoms with Crippen molar-refractivity contribution in [1.82, 2.24) is 4.90 Å². The van der Waals surface area contributed by atoms with Crippen molar-refractivity contribution in [2.75, 3.05) is 13.1 Å². The van der Waals surface area contributed by atoms with Crippen molar-refractivity contribution >= 4 is 24.1 Å². The number of hydrogen-bond donors (Lipinski definition) is 1. The monoisotopic (exact) mass is 342 g/mol. The average molecular weight is 343 g/mol. The molecule has 6 heteroatoms. The summed E-state index contributed by atoms with van der Waals surface area (Å²) in [6, 6.07) is 5.76. The topological polar surface area (TPSA) is 63.4 Å². The van der Waals surface area contributed by atoms with Gasteiger partial charge in [-0.3, -0.25) is 9.59 Å². The number of nitrogens with zero attached hydrogens (tertiary/aromatic N) is 1. The van der Waals surface area contributed by atoms with E-state index in [1.807, 2.05) is 11.8 Å². The summed E-state index contributed by atoms with van der Waals surface area (Å²) in [6.45, 7) is 4.96. The number of nitrogens with two attached hydrogens (primary N) is 1. The highest BCUT2D eigenvalue weighted by molar-refractivity contribution is 5.99. The quantitative estimate of drug-likeness (QED) is 0.837. The molecule has 1 amide bonds. The number of rotatable bonds is 5. The number of carbonyl (C=O) groups excluding carboxylic acids is 2. The Morgan fingerprint density at radius 1 is 1.43 bits per heavy atom. The smallest absolute Gasteiger partial charge is 0.223 e. The van der Waals surface area contributed by atoms with E-state index in [-0.39, 0.29) is 36.6 Å². The van der Waals surface area contributed by atoms with E-state index in [9.17, 15) is 14.0 Å². The second kappa shape index (κ2) is 8.41. The second-order valence-electron chi connectivity index (χ2n) is 6.21. The van der Waals surface area contributed by atoms with E-state index in [0.29, 0.717) is 24.6 Å². The van der Waals surface area contributed by atoms with Gasteiger partial charge in [0.2, 0.25) is 5.91 Å². The Balaban J connectivity index is 0.00000264. The van der Waals surface area contributed by atoms with Gasteiger partial charge in [0.25, 0.3) is 0 Å². The van der Waals surface area contributed by atoms with Gasteiger partial charge in [0, 0.05) is 30.5 Å². The number of carbonyl (C=O) groups is 2. The van der Waals surface area contributed by atoms with Gasteiger partial charge in [0.15, 0.2) is 5.78 Å². The van der Waals surface area contributed by atoms with Crippen LogP contribution < -0.4 is 5.73 Å². The van der Waals surface area contributed by atoms with Crippen LogP contribution in [-0.2, 0) is 4.79 Å². The van der Waals surface area contributed by atoms with Crippen LogP contribution in [0.3, 0.4) is 0 Å². The van der Waals surface area contributed by atoms with E-state index in [0.717, 1.165) is 6.42 Å². The third kappa shape index (κ3) is 4.75. The molecule has 0 saturated carbocycles. The van der Waals surface area contributed by atoms with Gasteiger partial charge in [0.05, 0.1) is 0 Å². The fourth-order valence-electron chi connectivity index (χ4n) is 3.06. The lowest BCUT2D eigenvalue weighted by Gasteiger charge is -2.23. The first kappa shape index (κ1) is 19.6. The van der Waals surface area contributed by atoms with Gasteiger partial charge < -0.3 is 10.6 Å². The molecule has 128 valence electrons. The highest BCUT2D eigenvalue weighted by Crippen LogP contribution is 2.24. The number of hydrogen-bond acceptors (Lipinski definition) is 3. The molecule has 3 atom stereocenters. The summed E-state index contributed by atoms with van der Waals surface area (Å²) in [5.74, 6) is -0.786. The maximum absolute atomic E-state index is 13.2. The minimum Gasteiger partial charge on any atom is -0.340 e. The molecule has 1 aliphatic heterocycles. The van der Waals surface area contributed by atoms with Gasteiger partial charge in [-0.15, -0.1) is 12.4 Å². The number of ketones is 1. The molecule has 0 radical (unpaired) electrons. The van der Waals surface area contributed by atoms with Gasteiger partial charge >= 0.3 is 0 Å². The standard InChI is InChI=1S/C17H23FN2O2.ClH/c1-11(17(22)14-4-3-5-15(18)8-14)6-16(21)20-10-13(9-19)7-12(20)2;/h3-5,8,11-13H,6-7,9-10,19H2,1-2H3;1H. The summed E-state index contributed by atoms with van der Waals surface area (Å²) in [5, 5.41) is 0. The molecule has 0 spiro atoms. The van der Waals surface area contributed by atoms with E-state index >= 15 is 0 Å². The molecule has 3 unspecified atom stereocenters. The molecule has 1 aromatic carbocycles. The lowest BCUT2D eigenvalue weighted by Crippen LogP contribution is -2.36. The minimum absolute atomic E-state index is 0. The Kier molecular flexibility index (Phi) is 7.16. The maximum atomic E-state index is 13.2. The highest BCUT2D eigenvalue weighted by Gasteiger charge is 2.32. The van der Waals surface area contributed by atoms with Crippen molar-refractivity contribution in [2.24, 2.45) is 17.6 Å². The van der Waals surface area contributed by atoms with E-state index in [2.05, 4.69) is 0 Å². The van der Waals surface area contributed by atoms with Gasteiger partial charge in [-0.1, -0.05) is 19.1 Å². The lowest BCUT2D eigenvalue weighted by molar-refractivity contribution is -0.132. The third-order valence-corrected chi connectivity index (χ3v) is 4.35. The molecule has 4 nitrogen and oxygen atoms in total. The van der Waals surface area contributed by atoms with E-state index in [4.69, 9.17) is 5.73 Å². The van der Waals surface area contributed by atoms with Gasteiger partial charge in [-0.05, 0) is 37.9 Å². The fourth-order valence-corrected chi connectivity index (χ4v) is 3.06. The van der Waals surface area contributed by atoms with Crippen molar-refractivity contribution in [2.45, 2.75) is 32.7 Å². The predicted molar refractivity (Wildman–Crippen MR) is 90.1 cm³/mol. The molecule has 23 heavy (non-hydrogen) atoms. The summed E-state index contributed by atoms with van der Waals surface area (Å²) in [5.41, 5.74) is 5.98. The Labute approximate surface area is 142 Å². The molecule has 1 aromatic rings. The van der Waals surface area contributed by atoms with Crippen LogP contribution >= 0.6 is 12.4 Å². The first-order chi connectivity index (χ1) is 10.4. The van der Waals surface area contributed by atoms with Crippen LogP contribution in [-0.4, -0.2) is 35.7 Å². The molecule has 2 N–H and O–H groups in total. The zero-order valence-corrected chi connectivity index (χ0v) is 14.3. The first-order valence-electron chi connectivity index (χ1n) is 7.71. The molecular weight excluding hydrogens is 319 g/mol. The Hall–Kier alpha value is -1.46. The van der Waals surface area contributed by atoms with Crippen LogP contribution in [0.1, 0.15) is 37.0 Å². The Bertz CT molecular complexity index is 567. The summed E-state index contributed by atoms with van der Waals surface area (Å²) in [6.07, 6.45) is 1.06. The number of Topliss-reactive ketones (excluding diaryl/α,β-unsaturated/α-hetero) is 1. The van der Waals surface area contributed by atoms with Gasteiger partial charge in [0.1, 0.15) is 5.82 Å². The third-order valence-electron chi connectivity index (χ3n) is 4.35. The normalized spacial score (nSPS) is 21.7. The zero-order valence-electron chi connectivity index (χ0n) is 13.5. The van der Waals surface area contributed by atoms with Crippen molar-refractivity contribution in [3.8, 4) is 0 Å². The Morgan fingerprint density at radius 3 is 2.70 bits per heavy atom. The molecule has 1 heterocycles. The van der Waals surface area contributed by atoms with Crippen LogP contribution in [0.15, 0.2) is 24.3 Å². The van der Waals surface area contributed by atoms with Crippen molar-refractivity contribution in [1.29, 1.82) is 0 Å². The van der Waals surface area contributed by atoms with Crippen molar-refractivity contribution in [3.05, 3.63) is 35.6 Å². The zero-order chi connectivity index (χ0) is 16.3. The molecule has 1 fully saturated rings. The number of benzene rings is 1. The van der Waals surface area contributed by atoms with Gasteiger partial charge in [-0.25, -0.2) is 4.39 Å². The van der Waals surface area contributed by atoms with Crippen LogP contribution in [0.5, 0.6) is 0 Å².